The van der Waals surface area contributed by atoms with Gasteiger partial charge in [0.05, 0.1) is 8.55 Å². The van der Waals surface area contributed by atoms with Crippen LogP contribution in [0.3, 0.4) is 0 Å². The monoisotopic (exact) mass is 372 g/mol. The van der Waals surface area contributed by atoms with Gasteiger partial charge in [-0.15, -0.1) is 11.3 Å². The summed E-state index contributed by atoms with van der Waals surface area (Å²) in [4.78, 5) is 0. The van der Waals surface area contributed by atoms with Crippen LogP contribution in [0.2, 0.25) is 4.34 Å². The summed E-state index contributed by atoms with van der Waals surface area (Å²) in [7, 11) is 0. The zero-order chi connectivity index (χ0) is 16.2. The molecule has 1 aliphatic rings. The van der Waals surface area contributed by atoms with Crippen LogP contribution >= 0.6 is 34.9 Å². The number of rotatable bonds is 6. The molecule has 1 aliphatic heterocycles. The van der Waals surface area contributed by atoms with Gasteiger partial charge in [0.15, 0.2) is 11.6 Å². The fraction of sp³-hybridized carbons (Fsp3) is 0.375. The summed E-state index contributed by atoms with van der Waals surface area (Å²) < 4.78 is 17.7. The fourth-order valence-electron chi connectivity index (χ4n) is 2.64. The normalized spacial score (nSPS) is 18.6. The standard InChI is InChI=1S/C16H18ClFN2OS2/c17-15-5-6-16(22-15)23-20-7-1-2-12(20)10-19-9-11-3-4-14(21)13(18)8-11/h3-6,8,12,19,21H,1-2,7,9-10H2. The molecule has 3 nitrogen and oxygen atoms in total. The Morgan fingerprint density at radius 1 is 1.39 bits per heavy atom. The molecule has 0 saturated carbocycles. The molecule has 23 heavy (non-hydrogen) atoms. The lowest BCUT2D eigenvalue weighted by Gasteiger charge is -2.22. The topological polar surface area (TPSA) is 35.5 Å². The van der Waals surface area contributed by atoms with Gasteiger partial charge in [0.2, 0.25) is 0 Å². The van der Waals surface area contributed by atoms with Gasteiger partial charge in [-0.05, 0) is 54.6 Å². The first-order valence-electron chi connectivity index (χ1n) is 7.50. The Labute approximate surface area is 148 Å². The van der Waals surface area contributed by atoms with Gasteiger partial charge in [0.1, 0.15) is 0 Å². The zero-order valence-corrected chi connectivity index (χ0v) is 14.9. The highest BCUT2D eigenvalue weighted by Gasteiger charge is 2.25. The first-order valence-corrected chi connectivity index (χ1v) is 9.46. The molecule has 2 aromatic rings. The summed E-state index contributed by atoms with van der Waals surface area (Å²) >= 11 is 9.35. The predicted octanol–water partition coefficient (Wildman–Crippen LogP) is 4.51. The molecule has 0 radical (unpaired) electrons. The minimum atomic E-state index is -0.572. The van der Waals surface area contributed by atoms with Gasteiger partial charge in [0, 0.05) is 25.7 Å². The minimum Gasteiger partial charge on any atom is -0.505 e. The molecule has 1 aromatic heterocycles. The quantitative estimate of drug-likeness (QED) is 0.731. The number of hydrogen-bond acceptors (Lipinski definition) is 5. The van der Waals surface area contributed by atoms with Gasteiger partial charge < -0.3 is 10.4 Å². The molecule has 3 rings (SSSR count). The number of nitrogens with one attached hydrogen (secondary N) is 1. The van der Waals surface area contributed by atoms with E-state index >= 15 is 0 Å². The lowest BCUT2D eigenvalue weighted by Crippen LogP contribution is -2.33. The van der Waals surface area contributed by atoms with E-state index in [0.717, 1.165) is 29.4 Å². The van der Waals surface area contributed by atoms with Crippen LogP contribution in [-0.4, -0.2) is 28.5 Å². The number of nitrogens with zero attached hydrogens (tertiary/aromatic N) is 1. The molecule has 7 heteroatoms. The number of halogens is 2. The molecule has 0 amide bonds. The van der Waals surface area contributed by atoms with E-state index in [1.54, 1.807) is 29.4 Å². The fourth-order valence-corrected chi connectivity index (χ4v) is 5.17. The van der Waals surface area contributed by atoms with Crippen molar-refractivity contribution in [1.29, 1.82) is 0 Å². The average molecular weight is 373 g/mol. The van der Waals surface area contributed by atoms with Gasteiger partial charge in [-0.25, -0.2) is 8.70 Å². The van der Waals surface area contributed by atoms with Crippen molar-refractivity contribution < 1.29 is 9.50 Å². The third-order valence-electron chi connectivity index (χ3n) is 3.80. The minimum absolute atomic E-state index is 0.304. The first-order chi connectivity index (χ1) is 11.1. The Morgan fingerprint density at radius 2 is 2.26 bits per heavy atom. The maximum absolute atomic E-state index is 13.3. The zero-order valence-electron chi connectivity index (χ0n) is 12.5. The Bertz CT molecular complexity index is 667. The van der Waals surface area contributed by atoms with Gasteiger partial charge in [-0.2, -0.15) is 0 Å². The molecule has 2 heterocycles. The Morgan fingerprint density at radius 3 is 3.00 bits per heavy atom. The largest absolute Gasteiger partial charge is 0.505 e. The van der Waals surface area contributed by atoms with Gasteiger partial charge in [-0.1, -0.05) is 17.7 Å². The molecule has 1 atom stereocenters. The molecule has 1 aromatic carbocycles. The summed E-state index contributed by atoms with van der Waals surface area (Å²) in [5.74, 6) is -0.876. The van der Waals surface area contributed by atoms with E-state index in [0.29, 0.717) is 12.6 Å². The maximum Gasteiger partial charge on any atom is 0.165 e. The molecular formula is C16H18ClFN2OS2. The molecular weight excluding hydrogens is 355 g/mol. The molecule has 0 bridgehead atoms. The Kier molecular flexibility index (Phi) is 5.82. The number of phenols is 1. The highest BCUT2D eigenvalue weighted by atomic mass is 35.5. The number of aromatic hydroxyl groups is 1. The van der Waals surface area contributed by atoms with Crippen LogP contribution in [-0.2, 0) is 6.54 Å². The van der Waals surface area contributed by atoms with E-state index in [9.17, 15) is 9.50 Å². The van der Waals surface area contributed by atoms with Crippen molar-refractivity contribution in [3.8, 4) is 5.75 Å². The number of benzene rings is 1. The predicted molar refractivity (Wildman–Crippen MR) is 94.7 cm³/mol. The van der Waals surface area contributed by atoms with Crippen LogP contribution in [0.4, 0.5) is 4.39 Å². The third-order valence-corrected chi connectivity index (χ3v) is 6.33. The molecule has 0 spiro atoms. The van der Waals surface area contributed by atoms with Crippen LogP contribution < -0.4 is 5.32 Å². The van der Waals surface area contributed by atoms with Crippen LogP contribution in [0.25, 0.3) is 0 Å². The van der Waals surface area contributed by atoms with Crippen molar-refractivity contribution in [2.24, 2.45) is 0 Å². The van der Waals surface area contributed by atoms with Crippen LogP contribution in [0.15, 0.2) is 34.5 Å². The van der Waals surface area contributed by atoms with Crippen molar-refractivity contribution in [3.05, 3.63) is 46.0 Å². The number of phenolic OH excluding ortho intramolecular Hbond substituents is 1. The van der Waals surface area contributed by atoms with E-state index in [1.807, 2.05) is 6.07 Å². The lowest BCUT2D eigenvalue weighted by molar-refractivity contribution is 0.409. The van der Waals surface area contributed by atoms with E-state index in [-0.39, 0.29) is 5.75 Å². The van der Waals surface area contributed by atoms with E-state index < -0.39 is 5.82 Å². The average Bonchev–Trinajstić information content (AvgIpc) is 3.13. The number of hydrogen-bond donors (Lipinski definition) is 2. The second-order valence-electron chi connectivity index (χ2n) is 5.50. The second-order valence-corrected chi connectivity index (χ2v) is 8.57. The summed E-state index contributed by atoms with van der Waals surface area (Å²) in [6.45, 7) is 2.52. The summed E-state index contributed by atoms with van der Waals surface area (Å²) in [5, 5.41) is 12.6. The SMILES string of the molecule is Oc1ccc(CNCC2CCCN2Sc2ccc(Cl)s2)cc1F. The van der Waals surface area contributed by atoms with Crippen molar-refractivity contribution in [1.82, 2.24) is 9.62 Å². The summed E-state index contributed by atoms with van der Waals surface area (Å²) in [5.41, 5.74) is 0.836. The van der Waals surface area contributed by atoms with Crippen LogP contribution in [0, 0.1) is 5.82 Å². The third kappa shape index (κ3) is 4.61. The van der Waals surface area contributed by atoms with Gasteiger partial charge in [0.25, 0.3) is 0 Å². The molecule has 1 fully saturated rings. The van der Waals surface area contributed by atoms with Gasteiger partial charge in [-0.3, -0.25) is 0 Å². The molecule has 124 valence electrons. The highest BCUT2D eigenvalue weighted by Crippen LogP contribution is 2.36. The van der Waals surface area contributed by atoms with Crippen molar-refractivity contribution in [3.63, 3.8) is 0 Å². The van der Waals surface area contributed by atoms with Crippen molar-refractivity contribution in [2.45, 2.75) is 29.6 Å². The maximum atomic E-state index is 13.3. The highest BCUT2D eigenvalue weighted by molar-refractivity contribution is 7.99. The summed E-state index contributed by atoms with van der Waals surface area (Å²) in [6.07, 6.45) is 2.34. The molecule has 1 saturated heterocycles. The van der Waals surface area contributed by atoms with Crippen molar-refractivity contribution in [2.75, 3.05) is 13.1 Å². The molecule has 1 unspecified atom stereocenters. The summed E-state index contributed by atoms with van der Waals surface area (Å²) in [6, 6.07) is 8.95. The Hall–Kier alpha value is -0.790. The van der Waals surface area contributed by atoms with Crippen molar-refractivity contribution >= 4 is 34.9 Å². The van der Waals surface area contributed by atoms with Gasteiger partial charge >= 0.3 is 0 Å². The van der Waals surface area contributed by atoms with Crippen LogP contribution in [0.1, 0.15) is 18.4 Å². The smallest absolute Gasteiger partial charge is 0.165 e. The van der Waals surface area contributed by atoms with E-state index in [2.05, 4.69) is 15.7 Å². The molecule has 2 N–H and O–H groups in total. The second kappa shape index (κ2) is 7.85. The molecule has 0 aliphatic carbocycles. The van der Waals surface area contributed by atoms with E-state index in [4.69, 9.17) is 11.6 Å². The number of thiophene rings is 1. The Balaban J connectivity index is 1.49. The van der Waals surface area contributed by atoms with E-state index in [1.165, 1.54) is 22.8 Å². The first kappa shape index (κ1) is 17.0. The lowest BCUT2D eigenvalue weighted by atomic mass is 10.2. The van der Waals surface area contributed by atoms with Crippen LogP contribution in [0.5, 0.6) is 5.75 Å².